The van der Waals surface area contributed by atoms with E-state index in [1.165, 1.54) is 0 Å². The van der Waals surface area contributed by atoms with E-state index in [0.29, 0.717) is 0 Å². The molecule has 2 rings (SSSR count). The third-order valence-electron chi connectivity index (χ3n) is 5.07. The van der Waals surface area contributed by atoms with Gasteiger partial charge in [0.15, 0.2) is 0 Å². The van der Waals surface area contributed by atoms with Gasteiger partial charge in [-0.15, -0.1) is 12.4 Å². The highest BCUT2D eigenvalue weighted by atomic mass is 35.5. The zero-order chi connectivity index (χ0) is 18.4. The number of aryl methyl sites for hydroxylation is 1. The van der Waals surface area contributed by atoms with Crippen LogP contribution in [0.5, 0.6) is 0 Å². The summed E-state index contributed by atoms with van der Waals surface area (Å²) in [5.74, 6) is -0.791. The Morgan fingerprint density at radius 1 is 1.31 bits per heavy atom. The molecular weight excluding hydrogens is 354 g/mol. The summed E-state index contributed by atoms with van der Waals surface area (Å²) < 4.78 is 0. The molecule has 2 atom stereocenters. The van der Waals surface area contributed by atoms with Gasteiger partial charge >= 0.3 is 5.97 Å². The van der Waals surface area contributed by atoms with Gasteiger partial charge in [-0.2, -0.15) is 0 Å². The van der Waals surface area contributed by atoms with Gasteiger partial charge in [0.1, 0.15) is 0 Å². The SMILES string of the molecule is Cc1ccccc1NC(=O)C(C)N1CCCC(N(C)CC(=O)O)CC1.Cl. The van der Waals surface area contributed by atoms with E-state index in [9.17, 15) is 9.59 Å². The molecule has 26 heavy (non-hydrogen) atoms. The number of hydrogen-bond acceptors (Lipinski definition) is 4. The molecule has 0 spiro atoms. The van der Waals surface area contributed by atoms with Crippen molar-refractivity contribution in [3.05, 3.63) is 29.8 Å². The number of aliphatic carboxylic acids is 1. The number of nitrogens with one attached hydrogen (secondary N) is 1. The molecule has 0 aliphatic carbocycles. The van der Waals surface area contributed by atoms with E-state index in [2.05, 4.69) is 10.2 Å². The van der Waals surface area contributed by atoms with Crippen molar-refractivity contribution in [3.63, 3.8) is 0 Å². The second kappa shape index (κ2) is 10.5. The van der Waals surface area contributed by atoms with E-state index in [-0.39, 0.29) is 36.9 Å². The minimum Gasteiger partial charge on any atom is -0.480 e. The van der Waals surface area contributed by atoms with Gasteiger partial charge in [0.05, 0.1) is 12.6 Å². The number of likely N-dealkylation sites (N-methyl/N-ethyl adjacent to an activating group) is 1. The van der Waals surface area contributed by atoms with Gasteiger partial charge in [-0.1, -0.05) is 18.2 Å². The molecule has 6 nitrogen and oxygen atoms in total. The number of carbonyl (C=O) groups excluding carboxylic acids is 1. The molecule has 1 aromatic carbocycles. The lowest BCUT2D eigenvalue weighted by Crippen LogP contribution is -2.43. The van der Waals surface area contributed by atoms with Crippen molar-refractivity contribution in [2.75, 3.05) is 32.0 Å². The number of benzene rings is 1. The number of halogens is 1. The van der Waals surface area contributed by atoms with Crippen molar-refractivity contribution in [3.8, 4) is 0 Å². The number of amides is 1. The summed E-state index contributed by atoms with van der Waals surface area (Å²) in [5.41, 5.74) is 1.91. The molecule has 1 aliphatic rings. The highest BCUT2D eigenvalue weighted by Gasteiger charge is 2.27. The van der Waals surface area contributed by atoms with E-state index in [0.717, 1.165) is 43.6 Å². The fourth-order valence-electron chi connectivity index (χ4n) is 3.39. The number of carboxylic acid groups (broad SMARTS) is 1. The van der Waals surface area contributed by atoms with E-state index in [4.69, 9.17) is 5.11 Å². The smallest absolute Gasteiger partial charge is 0.317 e. The highest BCUT2D eigenvalue weighted by Crippen LogP contribution is 2.19. The van der Waals surface area contributed by atoms with Crippen molar-refractivity contribution < 1.29 is 14.7 Å². The van der Waals surface area contributed by atoms with Gasteiger partial charge in [-0.3, -0.25) is 19.4 Å². The maximum Gasteiger partial charge on any atom is 0.317 e. The molecule has 2 unspecified atom stereocenters. The van der Waals surface area contributed by atoms with Crippen LogP contribution in [0.2, 0.25) is 0 Å². The van der Waals surface area contributed by atoms with Crippen molar-refractivity contribution in [1.29, 1.82) is 0 Å². The van der Waals surface area contributed by atoms with E-state index >= 15 is 0 Å². The minimum atomic E-state index is -0.797. The summed E-state index contributed by atoms with van der Waals surface area (Å²) in [5, 5.41) is 12.0. The molecule has 1 amide bonds. The molecular formula is C19H30ClN3O3. The van der Waals surface area contributed by atoms with Crippen LogP contribution >= 0.6 is 12.4 Å². The van der Waals surface area contributed by atoms with Crippen LogP contribution in [-0.4, -0.2) is 65.5 Å². The molecule has 1 aliphatic heterocycles. The lowest BCUT2D eigenvalue weighted by Gasteiger charge is -2.28. The van der Waals surface area contributed by atoms with Crippen molar-refractivity contribution in [1.82, 2.24) is 9.80 Å². The molecule has 1 heterocycles. The van der Waals surface area contributed by atoms with Crippen molar-refractivity contribution >= 4 is 30.0 Å². The molecule has 146 valence electrons. The first-order valence-electron chi connectivity index (χ1n) is 8.91. The first-order chi connectivity index (χ1) is 11.9. The molecule has 1 saturated heterocycles. The Labute approximate surface area is 162 Å². The Kier molecular flexibility index (Phi) is 9.05. The van der Waals surface area contributed by atoms with Crippen LogP contribution in [0, 0.1) is 6.92 Å². The lowest BCUT2D eigenvalue weighted by molar-refractivity contribution is -0.138. The fraction of sp³-hybridized carbons (Fsp3) is 0.579. The predicted molar refractivity (Wildman–Crippen MR) is 106 cm³/mol. The number of rotatable bonds is 6. The molecule has 7 heteroatoms. The van der Waals surface area contributed by atoms with Crippen molar-refractivity contribution in [2.24, 2.45) is 0 Å². The maximum absolute atomic E-state index is 12.6. The number of carbonyl (C=O) groups is 2. The Bertz CT molecular complexity index is 611. The van der Waals surface area contributed by atoms with Gasteiger partial charge in [0, 0.05) is 18.3 Å². The Hall–Kier alpha value is -1.63. The average molecular weight is 384 g/mol. The fourth-order valence-corrected chi connectivity index (χ4v) is 3.39. The normalized spacial score (nSPS) is 19.3. The Balaban J connectivity index is 0.00000338. The summed E-state index contributed by atoms with van der Waals surface area (Å²) in [6.07, 6.45) is 2.81. The van der Waals surface area contributed by atoms with Crippen LogP contribution in [0.1, 0.15) is 31.7 Å². The van der Waals surface area contributed by atoms with E-state index in [1.54, 1.807) is 0 Å². The van der Waals surface area contributed by atoms with Gasteiger partial charge in [-0.25, -0.2) is 0 Å². The number of hydrogen-bond donors (Lipinski definition) is 2. The highest BCUT2D eigenvalue weighted by molar-refractivity contribution is 5.95. The molecule has 1 aromatic rings. The average Bonchev–Trinajstić information content (AvgIpc) is 2.81. The molecule has 1 fully saturated rings. The van der Waals surface area contributed by atoms with Gasteiger partial charge in [0.25, 0.3) is 0 Å². The van der Waals surface area contributed by atoms with Crippen LogP contribution in [0.4, 0.5) is 5.69 Å². The van der Waals surface area contributed by atoms with Crippen LogP contribution in [0.3, 0.4) is 0 Å². The van der Waals surface area contributed by atoms with Crippen molar-refractivity contribution in [2.45, 2.75) is 45.2 Å². The van der Waals surface area contributed by atoms with Gasteiger partial charge < -0.3 is 10.4 Å². The summed E-state index contributed by atoms with van der Waals surface area (Å²) in [6.45, 7) is 5.65. The quantitative estimate of drug-likeness (QED) is 0.790. The number of nitrogens with zero attached hydrogens (tertiary/aromatic N) is 2. The van der Waals surface area contributed by atoms with Crippen LogP contribution in [-0.2, 0) is 9.59 Å². The third kappa shape index (κ3) is 6.27. The van der Waals surface area contributed by atoms with Gasteiger partial charge in [0.2, 0.25) is 5.91 Å². The Morgan fingerprint density at radius 3 is 2.65 bits per heavy atom. The minimum absolute atomic E-state index is 0. The first-order valence-corrected chi connectivity index (χ1v) is 8.91. The van der Waals surface area contributed by atoms with Crippen LogP contribution < -0.4 is 5.32 Å². The van der Waals surface area contributed by atoms with Crippen LogP contribution in [0.15, 0.2) is 24.3 Å². The third-order valence-corrected chi connectivity index (χ3v) is 5.07. The number of likely N-dealkylation sites (tertiary alicyclic amines) is 1. The monoisotopic (exact) mass is 383 g/mol. The summed E-state index contributed by atoms with van der Waals surface area (Å²) >= 11 is 0. The summed E-state index contributed by atoms with van der Waals surface area (Å²) in [4.78, 5) is 27.6. The number of para-hydroxylation sites is 1. The molecule has 0 radical (unpaired) electrons. The largest absolute Gasteiger partial charge is 0.480 e. The molecule has 2 N–H and O–H groups in total. The first kappa shape index (κ1) is 22.4. The molecule has 0 saturated carbocycles. The zero-order valence-corrected chi connectivity index (χ0v) is 16.6. The molecule has 0 bridgehead atoms. The summed E-state index contributed by atoms with van der Waals surface area (Å²) in [6, 6.07) is 7.82. The number of anilines is 1. The molecule has 0 aromatic heterocycles. The lowest BCUT2D eigenvalue weighted by atomic mass is 10.1. The Morgan fingerprint density at radius 2 is 2.00 bits per heavy atom. The predicted octanol–water partition coefficient (Wildman–Crippen LogP) is 2.61. The summed E-state index contributed by atoms with van der Waals surface area (Å²) in [7, 11) is 1.86. The number of carboxylic acids is 1. The zero-order valence-electron chi connectivity index (χ0n) is 15.8. The second-order valence-electron chi connectivity index (χ2n) is 6.91. The second-order valence-corrected chi connectivity index (χ2v) is 6.91. The van der Waals surface area contributed by atoms with E-state index < -0.39 is 5.97 Å². The maximum atomic E-state index is 12.6. The van der Waals surface area contributed by atoms with E-state index in [1.807, 2.05) is 50.1 Å². The van der Waals surface area contributed by atoms with Gasteiger partial charge in [-0.05, 0) is 58.3 Å². The topological polar surface area (TPSA) is 72.9 Å². The van der Waals surface area contributed by atoms with Crippen LogP contribution in [0.25, 0.3) is 0 Å². The standard InChI is InChI=1S/C19H29N3O3.ClH/c1-14-7-4-5-9-17(14)20-19(25)15(2)22-11-6-8-16(10-12-22)21(3)13-18(23)24;/h4-5,7,9,15-16H,6,8,10-13H2,1-3H3,(H,20,25)(H,23,24);1H.